The first kappa shape index (κ1) is 20.6. The Morgan fingerprint density at radius 3 is 2.64 bits per heavy atom. The summed E-state index contributed by atoms with van der Waals surface area (Å²) in [5.41, 5.74) is 1.84. The summed E-state index contributed by atoms with van der Waals surface area (Å²) in [5.74, 6) is 0.370. The van der Waals surface area contributed by atoms with Gasteiger partial charge in [-0.25, -0.2) is 0 Å². The molecule has 28 heavy (non-hydrogen) atoms. The SMILES string of the molecule is CN(C)CCN1C[C@]2(CCCN(C(=O)c3cccc(N(C)C)c3)C2)CCC1=O. The number of hydrogen-bond acceptors (Lipinski definition) is 4. The van der Waals surface area contributed by atoms with Gasteiger partial charge >= 0.3 is 0 Å². The quantitative estimate of drug-likeness (QED) is 0.778. The Labute approximate surface area is 169 Å². The normalized spacial score (nSPS) is 22.8. The summed E-state index contributed by atoms with van der Waals surface area (Å²) in [6, 6.07) is 7.84. The predicted molar refractivity (Wildman–Crippen MR) is 113 cm³/mol. The van der Waals surface area contributed by atoms with E-state index in [9.17, 15) is 9.59 Å². The molecular weight excluding hydrogens is 352 g/mol. The van der Waals surface area contributed by atoms with Gasteiger partial charge in [0.05, 0.1) is 0 Å². The molecule has 2 saturated heterocycles. The third-order valence-corrected chi connectivity index (χ3v) is 6.12. The molecule has 0 N–H and O–H groups in total. The number of rotatable bonds is 5. The van der Waals surface area contributed by atoms with Gasteiger partial charge in [0, 0.05) is 69.9 Å². The zero-order valence-electron chi connectivity index (χ0n) is 17.8. The van der Waals surface area contributed by atoms with Crippen LogP contribution in [0, 0.1) is 5.41 Å². The summed E-state index contributed by atoms with van der Waals surface area (Å²) >= 11 is 0. The predicted octanol–water partition coefficient (Wildman–Crippen LogP) is 2.16. The summed E-state index contributed by atoms with van der Waals surface area (Å²) in [4.78, 5) is 33.7. The standard InChI is InChI=1S/C22H34N4O2/c1-23(2)13-14-25-16-22(11-9-20(25)27)10-6-12-26(17-22)21(28)18-7-5-8-19(15-18)24(3)4/h5,7-8,15H,6,9-14,16-17H2,1-4H3/t22-/m0/s1. The molecule has 2 fully saturated rings. The van der Waals surface area contributed by atoms with Gasteiger partial charge in [0.1, 0.15) is 0 Å². The van der Waals surface area contributed by atoms with E-state index in [4.69, 9.17) is 0 Å². The van der Waals surface area contributed by atoms with Crippen LogP contribution in [0.3, 0.4) is 0 Å². The second-order valence-corrected chi connectivity index (χ2v) is 8.89. The van der Waals surface area contributed by atoms with Gasteiger partial charge in [0.15, 0.2) is 0 Å². The lowest BCUT2D eigenvalue weighted by Crippen LogP contribution is -2.55. The van der Waals surface area contributed by atoms with E-state index in [1.807, 2.05) is 67.2 Å². The molecule has 1 spiro atoms. The zero-order chi connectivity index (χ0) is 20.3. The molecule has 0 aromatic heterocycles. The first-order valence-corrected chi connectivity index (χ1v) is 10.3. The van der Waals surface area contributed by atoms with Crippen LogP contribution in [0.5, 0.6) is 0 Å². The van der Waals surface area contributed by atoms with Crippen molar-refractivity contribution in [2.45, 2.75) is 25.7 Å². The molecule has 1 atom stereocenters. The van der Waals surface area contributed by atoms with Gasteiger partial charge in [-0.2, -0.15) is 0 Å². The van der Waals surface area contributed by atoms with Crippen LogP contribution in [0.1, 0.15) is 36.0 Å². The van der Waals surface area contributed by atoms with Gasteiger partial charge in [0.2, 0.25) is 5.91 Å². The smallest absolute Gasteiger partial charge is 0.253 e. The van der Waals surface area contributed by atoms with E-state index >= 15 is 0 Å². The van der Waals surface area contributed by atoms with E-state index in [0.717, 1.165) is 63.2 Å². The van der Waals surface area contributed by atoms with Crippen LogP contribution in [0.4, 0.5) is 5.69 Å². The molecule has 154 valence electrons. The van der Waals surface area contributed by atoms with Gasteiger partial charge in [-0.15, -0.1) is 0 Å². The second-order valence-electron chi connectivity index (χ2n) is 8.89. The van der Waals surface area contributed by atoms with E-state index in [0.29, 0.717) is 6.42 Å². The molecule has 2 amide bonds. The maximum absolute atomic E-state index is 13.2. The fourth-order valence-electron chi connectivity index (χ4n) is 4.44. The molecular formula is C22H34N4O2. The largest absolute Gasteiger partial charge is 0.378 e. The number of hydrogen-bond donors (Lipinski definition) is 0. The lowest BCUT2D eigenvalue weighted by molar-refractivity contribution is -0.139. The number of likely N-dealkylation sites (tertiary alicyclic amines) is 2. The molecule has 1 aromatic rings. The average Bonchev–Trinajstić information content (AvgIpc) is 2.68. The topological polar surface area (TPSA) is 47.1 Å². The van der Waals surface area contributed by atoms with Gasteiger partial charge in [-0.1, -0.05) is 6.07 Å². The highest BCUT2D eigenvalue weighted by atomic mass is 16.2. The van der Waals surface area contributed by atoms with Crippen molar-refractivity contribution in [3.8, 4) is 0 Å². The first-order valence-electron chi connectivity index (χ1n) is 10.3. The Kier molecular flexibility index (Phi) is 6.28. The lowest BCUT2D eigenvalue weighted by atomic mass is 9.73. The molecule has 2 aliphatic heterocycles. The number of carbonyl (C=O) groups is 2. The van der Waals surface area contributed by atoms with Crippen LogP contribution >= 0.6 is 0 Å². The van der Waals surface area contributed by atoms with E-state index in [2.05, 4.69) is 4.90 Å². The highest BCUT2D eigenvalue weighted by Gasteiger charge is 2.42. The summed E-state index contributed by atoms with van der Waals surface area (Å²) in [5, 5.41) is 0. The summed E-state index contributed by atoms with van der Waals surface area (Å²) in [6.45, 7) is 3.98. The van der Waals surface area contributed by atoms with Crippen molar-refractivity contribution < 1.29 is 9.59 Å². The van der Waals surface area contributed by atoms with Crippen molar-refractivity contribution in [3.63, 3.8) is 0 Å². The minimum absolute atomic E-state index is 0.0489. The minimum Gasteiger partial charge on any atom is -0.378 e. The average molecular weight is 387 g/mol. The number of piperidine rings is 2. The summed E-state index contributed by atoms with van der Waals surface area (Å²) in [6.07, 6.45) is 3.60. The number of likely N-dealkylation sites (N-methyl/N-ethyl adjacent to an activating group) is 1. The molecule has 0 aliphatic carbocycles. The van der Waals surface area contributed by atoms with Crippen molar-refractivity contribution in [3.05, 3.63) is 29.8 Å². The monoisotopic (exact) mass is 386 g/mol. The van der Waals surface area contributed by atoms with E-state index in [1.165, 1.54) is 0 Å². The van der Waals surface area contributed by atoms with Gasteiger partial charge in [-0.3, -0.25) is 9.59 Å². The number of benzene rings is 1. The van der Waals surface area contributed by atoms with Gasteiger partial charge in [0.25, 0.3) is 5.91 Å². The van der Waals surface area contributed by atoms with Crippen molar-refractivity contribution >= 4 is 17.5 Å². The maximum atomic E-state index is 13.2. The fraction of sp³-hybridized carbons (Fsp3) is 0.636. The number of nitrogens with zero attached hydrogens (tertiary/aromatic N) is 4. The zero-order valence-corrected chi connectivity index (χ0v) is 17.8. The Bertz CT molecular complexity index is 718. The minimum atomic E-state index is 0.0489. The molecule has 0 saturated carbocycles. The molecule has 6 heteroatoms. The third kappa shape index (κ3) is 4.66. The lowest BCUT2D eigenvalue weighted by Gasteiger charge is -2.48. The van der Waals surface area contributed by atoms with E-state index in [1.54, 1.807) is 0 Å². The first-order chi connectivity index (χ1) is 13.3. The summed E-state index contributed by atoms with van der Waals surface area (Å²) < 4.78 is 0. The maximum Gasteiger partial charge on any atom is 0.253 e. The Hall–Kier alpha value is -2.08. The summed E-state index contributed by atoms with van der Waals surface area (Å²) in [7, 11) is 8.04. The van der Waals surface area contributed by atoms with E-state index < -0.39 is 0 Å². The third-order valence-electron chi connectivity index (χ3n) is 6.12. The Morgan fingerprint density at radius 1 is 1.14 bits per heavy atom. The van der Waals surface area contributed by atoms with Crippen LogP contribution < -0.4 is 4.90 Å². The Morgan fingerprint density at radius 2 is 1.93 bits per heavy atom. The Balaban J connectivity index is 1.71. The highest BCUT2D eigenvalue weighted by molar-refractivity contribution is 5.95. The molecule has 0 unspecified atom stereocenters. The molecule has 0 radical (unpaired) electrons. The van der Waals surface area contributed by atoms with Crippen LogP contribution in [0.15, 0.2) is 24.3 Å². The van der Waals surface area contributed by atoms with Crippen molar-refractivity contribution in [2.24, 2.45) is 5.41 Å². The van der Waals surface area contributed by atoms with Crippen LogP contribution in [-0.2, 0) is 4.79 Å². The van der Waals surface area contributed by atoms with Crippen molar-refractivity contribution in [1.29, 1.82) is 0 Å². The molecule has 6 nitrogen and oxygen atoms in total. The number of carbonyl (C=O) groups excluding carboxylic acids is 2. The molecule has 0 bridgehead atoms. The van der Waals surface area contributed by atoms with Gasteiger partial charge < -0.3 is 19.6 Å². The van der Waals surface area contributed by atoms with Crippen molar-refractivity contribution in [1.82, 2.24) is 14.7 Å². The molecule has 1 aromatic carbocycles. The fourth-order valence-corrected chi connectivity index (χ4v) is 4.44. The van der Waals surface area contributed by atoms with Crippen LogP contribution in [-0.4, -0.2) is 87.4 Å². The van der Waals surface area contributed by atoms with Crippen LogP contribution in [0.2, 0.25) is 0 Å². The molecule has 2 heterocycles. The van der Waals surface area contributed by atoms with Gasteiger partial charge in [-0.05, 0) is 51.6 Å². The van der Waals surface area contributed by atoms with E-state index in [-0.39, 0.29) is 17.2 Å². The number of anilines is 1. The van der Waals surface area contributed by atoms with Crippen molar-refractivity contribution in [2.75, 3.05) is 65.8 Å². The molecule has 2 aliphatic rings. The van der Waals surface area contributed by atoms with Crippen LogP contribution in [0.25, 0.3) is 0 Å². The number of amides is 2. The second kappa shape index (κ2) is 8.52. The molecule has 3 rings (SSSR count). The highest BCUT2D eigenvalue weighted by Crippen LogP contribution is 2.39.